The van der Waals surface area contributed by atoms with Crippen LogP contribution >= 0.6 is 0 Å². The first kappa shape index (κ1) is 15.5. The van der Waals surface area contributed by atoms with Crippen LogP contribution in [0.5, 0.6) is 0 Å². The maximum atomic E-state index is 12.0. The van der Waals surface area contributed by atoms with Gasteiger partial charge in [-0.2, -0.15) is 0 Å². The van der Waals surface area contributed by atoms with Gasteiger partial charge < -0.3 is 16.2 Å². The first-order chi connectivity index (χ1) is 7.97. The Balaban J connectivity index is 4.81. The lowest BCUT2D eigenvalue weighted by Gasteiger charge is -2.29. The average molecular weight is 240 g/mol. The molecule has 0 saturated heterocycles. The van der Waals surface area contributed by atoms with E-state index in [2.05, 4.69) is 11.2 Å². The molecule has 0 aromatic carbocycles. The van der Waals surface area contributed by atoms with Gasteiger partial charge in [-0.15, -0.1) is 12.3 Å². The van der Waals surface area contributed by atoms with E-state index in [9.17, 15) is 9.59 Å². The molecule has 0 aliphatic rings. The number of carbonyl (C=O) groups is 2. The van der Waals surface area contributed by atoms with E-state index in [-0.39, 0.29) is 18.9 Å². The summed E-state index contributed by atoms with van der Waals surface area (Å²) < 4.78 is 0. The Hall–Kier alpha value is -1.54. The third-order valence-electron chi connectivity index (χ3n) is 3.15. The summed E-state index contributed by atoms with van der Waals surface area (Å²) in [6, 6.07) is -1.04. The number of nitrogens with two attached hydrogens (primary N) is 1. The van der Waals surface area contributed by atoms with Crippen LogP contribution in [0, 0.1) is 17.8 Å². The summed E-state index contributed by atoms with van der Waals surface area (Å²) in [6.45, 7) is 3.90. The lowest BCUT2D eigenvalue weighted by molar-refractivity contribution is -0.143. The van der Waals surface area contributed by atoms with Crippen LogP contribution < -0.4 is 11.1 Å². The van der Waals surface area contributed by atoms with Crippen LogP contribution in [-0.4, -0.2) is 29.6 Å². The fourth-order valence-electron chi connectivity index (χ4n) is 1.58. The molecule has 17 heavy (non-hydrogen) atoms. The number of terminal acetylenes is 1. The zero-order valence-electron chi connectivity index (χ0n) is 10.3. The Bertz CT molecular complexity index is 308. The molecule has 0 bridgehead atoms. The van der Waals surface area contributed by atoms with Crippen molar-refractivity contribution >= 4 is 11.9 Å². The molecule has 0 heterocycles. The SMILES string of the molecule is C#CCC(NC(=O)C(CC)(CC)CN)C(=O)O. The van der Waals surface area contributed by atoms with Crippen LogP contribution in [0.2, 0.25) is 0 Å². The zero-order valence-corrected chi connectivity index (χ0v) is 10.3. The van der Waals surface area contributed by atoms with Gasteiger partial charge in [-0.1, -0.05) is 13.8 Å². The minimum atomic E-state index is -1.13. The lowest BCUT2D eigenvalue weighted by Crippen LogP contribution is -2.50. The standard InChI is InChI=1S/C12H20N2O3/c1-4-7-9(10(15)16)14-11(17)12(5-2,6-3)8-13/h1,9H,5-8,13H2,2-3H3,(H,14,17)(H,15,16). The summed E-state index contributed by atoms with van der Waals surface area (Å²) >= 11 is 0. The number of amides is 1. The number of carbonyl (C=O) groups excluding carboxylic acids is 1. The number of carboxylic acid groups (broad SMARTS) is 1. The van der Waals surface area contributed by atoms with Crippen molar-refractivity contribution in [3.05, 3.63) is 0 Å². The van der Waals surface area contributed by atoms with E-state index in [0.29, 0.717) is 12.8 Å². The Kier molecular flexibility index (Phi) is 6.29. The van der Waals surface area contributed by atoms with E-state index in [4.69, 9.17) is 17.3 Å². The van der Waals surface area contributed by atoms with Gasteiger partial charge in [0, 0.05) is 13.0 Å². The summed E-state index contributed by atoms with van der Waals surface area (Å²) in [4.78, 5) is 22.9. The van der Waals surface area contributed by atoms with Crippen molar-refractivity contribution in [3.63, 3.8) is 0 Å². The quantitative estimate of drug-likeness (QED) is 0.560. The summed E-state index contributed by atoms with van der Waals surface area (Å²) in [5.41, 5.74) is 4.90. The molecule has 4 N–H and O–H groups in total. The number of carboxylic acids is 1. The molecule has 0 aromatic rings. The molecule has 0 spiro atoms. The van der Waals surface area contributed by atoms with Crippen molar-refractivity contribution in [1.29, 1.82) is 0 Å². The minimum Gasteiger partial charge on any atom is -0.480 e. The van der Waals surface area contributed by atoms with Crippen LogP contribution in [0.3, 0.4) is 0 Å². The van der Waals surface area contributed by atoms with Crippen LogP contribution in [0.25, 0.3) is 0 Å². The second kappa shape index (κ2) is 6.92. The Morgan fingerprint density at radius 1 is 1.47 bits per heavy atom. The second-order valence-corrected chi connectivity index (χ2v) is 3.96. The van der Waals surface area contributed by atoms with E-state index in [1.165, 1.54) is 0 Å². The van der Waals surface area contributed by atoms with Crippen molar-refractivity contribution < 1.29 is 14.7 Å². The third-order valence-corrected chi connectivity index (χ3v) is 3.15. The van der Waals surface area contributed by atoms with Crippen molar-refractivity contribution in [3.8, 4) is 12.3 Å². The van der Waals surface area contributed by atoms with Gasteiger partial charge in [-0.25, -0.2) is 4.79 Å². The van der Waals surface area contributed by atoms with Gasteiger partial charge in [0.15, 0.2) is 0 Å². The predicted octanol–water partition coefficient (Wildman–Crippen LogP) is 0.344. The highest BCUT2D eigenvalue weighted by Gasteiger charge is 2.35. The summed E-state index contributed by atoms with van der Waals surface area (Å²) in [7, 11) is 0. The molecule has 1 atom stereocenters. The van der Waals surface area contributed by atoms with Gasteiger partial charge in [-0.05, 0) is 12.8 Å². The molecule has 0 saturated carbocycles. The largest absolute Gasteiger partial charge is 0.480 e. The first-order valence-corrected chi connectivity index (χ1v) is 5.64. The highest BCUT2D eigenvalue weighted by molar-refractivity contribution is 5.87. The van der Waals surface area contributed by atoms with Crippen LogP contribution in [-0.2, 0) is 9.59 Å². The lowest BCUT2D eigenvalue weighted by atomic mass is 9.81. The van der Waals surface area contributed by atoms with Gasteiger partial charge in [0.05, 0.1) is 5.41 Å². The Morgan fingerprint density at radius 3 is 2.29 bits per heavy atom. The molecule has 0 fully saturated rings. The van der Waals surface area contributed by atoms with Crippen LogP contribution in [0.1, 0.15) is 33.1 Å². The van der Waals surface area contributed by atoms with Gasteiger partial charge >= 0.3 is 5.97 Å². The molecule has 0 radical (unpaired) electrons. The maximum Gasteiger partial charge on any atom is 0.327 e. The number of rotatable bonds is 7. The van der Waals surface area contributed by atoms with Crippen molar-refractivity contribution in [2.24, 2.45) is 11.1 Å². The number of hydrogen-bond acceptors (Lipinski definition) is 3. The van der Waals surface area contributed by atoms with E-state index < -0.39 is 17.4 Å². The summed E-state index contributed by atoms with van der Waals surface area (Å²) in [5.74, 6) is 0.763. The molecule has 1 amide bonds. The fraction of sp³-hybridized carbons (Fsp3) is 0.667. The second-order valence-electron chi connectivity index (χ2n) is 3.96. The summed E-state index contributed by atoms with van der Waals surface area (Å²) in [5, 5.41) is 11.3. The normalized spacial score (nSPS) is 12.6. The van der Waals surface area contributed by atoms with Crippen LogP contribution in [0.4, 0.5) is 0 Å². The molecular formula is C12H20N2O3. The molecule has 0 aliphatic carbocycles. The number of hydrogen-bond donors (Lipinski definition) is 3. The highest BCUT2D eigenvalue weighted by atomic mass is 16.4. The molecule has 0 rings (SSSR count). The molecule has 96 valence electrons. The van der Waals surface area contributed by atoms with Crippen molar-refractivity contribution in [2.75, 3.05) is 6.54 Å². The smallest absolute Gasteiger partial charge is 0.327 e. The number of nitrogens with one attached hydrogen (secondary N) is 1. The van der Waals surface area contributed by atoms with Crippen LogP contribution in [0.15, 0.2) is 0 Å². The third kappa shape index (κ3) is 3.75. The maximum absolute atomic E-state index is 12.0. The van der Waals surface area contributed by atoms with E-state index in [0.717, 1.165) is 0 Å². The average Bonchev–Trinajstić information content (AvgIpc) is 2.31. The Morgan fingerprint density at radius 2 is 2.00 bits per heavy atom. The van der Waals surface area contributed by atoms with Crippen molar-refractivity contribution in [1.82, 2.24) is 5.32 Å². The van der Waals surface area contributed by atoms with Gasteiger partial charge in [-0.3, -0.25) is 4.79 Å². The molecule has 0 aliphatic heterocycles. The topological polar surface area (TPSA) is 92.4 Å². The molecule has 5 nitrogen and oxygen atoms in total. The van der Waals surface area contributed by atoms with E-state index in [1.807, 2.05) is 13.8 Å². The molecule has 0 aromatic heterocycles. The van der Waals surface area contributed by atoms with E-state index in [1.54, 1.807) is 0 Å². The van der Waals surface area contributed by atoms with Gasteiger partial charge in [0.25, 0.3) is 0 Å². The molecular weight excluding hydrogens is 220 g/mol. The Labute approximate surface area is 102 Å². The van der Waals surface area contributed by atoms with E-state index >= 15 is 0 Å². The summed E-state index contributed by atoms with van der Waals surface area (Å²) in [6.07, 6.45) is 6.16. The molecule has 1 unspecified atom stereocenters. The first-order valence-electron chi connectivity index (χ1n) is 5.64. The minimum absolute atomic E-state index is 0.0326. The fourth-order valence-corrected chi connectivity index (χ4v) is 1.58. The molecule has 5 heteroatoms. The van der Waals surface area contributed by atoms with Gasteiger partial charge in [0.1, 0.15) is 6.04 Å². The van der Waals surface area contributed by atoms with Crippen molar-refractivity contribution in [2.45, 2.75) is 39.2 Å². The number of aliphatic carboxylic acids is 1. The predicted molar refractivity (Wildman–Crippen MR) is 65.1 cm³/mol. The zero-order chi connectivity index (χ0) is 13.5. The van der Waals surface area contributed by atoms with Gasteiger partial charge in [0.2, 0.25) is 5.91 Å². The highest BCUT2D eigenvalue weighted by Crippen LogP contribution is 2.25. The monoisotopic (exact) mass is 240 g/mol.